The summed E-state index contributed by atoms with van der Waals surface area (Å²) in [4.78, 5) is 3.94. The van der Waals surface area contributed by atoms with Gasteiger partial charge < -0.3 is 0 Å². The van der Waals surface area contributed by atoms with E-state index in [9.17, 15) is 12.8 Å². The van der Waals surface area contributed by atoms with E-state index in [2.05, 4.69) is 19.9 Å². The minimum absolute atomic E-state index is 0.0333. The Kier molecular flexibility index (Phi) is 3.80. The van der Waals surface area contributed by atoms with Crippen LogP contribution in [0, 0.1) is 5.82 Å². The lowest BCUT2D eigenvalue weighted by molar-refractivity contribution is 0.602. The Labute approximate surface area is 131 Å². The molecule has 0 radical (unpaired) electrons. The van der Waals surface area contributed by atoms with Crippen molar-refractivity contribution in [2.24, 2.45) is 5.14 Å². The number of aromatic amines is 1. The monoisotopic (exact) mass is 333 g/mol. The average Bonchev–Trinajstić information content (AvgIpc) is 2.90. The Morgan fingerprint density at radius 2 is 1.70 bits per heavy atom. The van der Waals surface area contributed by atoms with Crippen molar-refractivity contribution < 1.29 is 12.8 Å². The highest BCUT2D eigenvalue weighted by Gasteiger charge is 2.19. The molecule has 0 aliphatic carbocycles. The summed E-state index contributed by atoms with van der Waals surface area (Å²) >= 11 is 0. The van der Waals surface area contributed by atoms with Crippen LogP contribution in [-0.2, 0) is 10.2 Å². The van der Waals surface area contributed by atoms with Crippen molar-refractivity contribution in [1.29, 1.82) is 0 Å². The predicted octanol–water partition coefficient (Wildman–Crippen LogP) is 1.89. The third-order valence-electron chi connectivity index (χ3n) is 3.11. The molecular formula is C14H12FN5O2S. The first-order valence-electron chi connectivity index (χ1n) is 6.49. The summed E-state index contributed by atoms with van der Waals surface area (Å²) in [6.07, 6.45) is 3.19. The smallest absolute Gasteiger partial charge is 0.275 e. The third-order valence-corrected chi connectivity index (χ3v) is 3.59. The highest BCUT2D eigenvalue weighted by atomic mass is 32.2. The second-order valence-electron chi connectivity index (χ2n) is 4.71. The summed E-state index contributed by atoms with van der Waals surface area (Å²) in [6, 6.07) is 9.08. The lowest BCUT2D eigenvalue weighted by Crippen LogP contribution is -2.22. The number of hydrogen-bond acceptors (Lipinski definition) is 4. The summed E-state index contributed by atoms with van der Waals surface area (Å²) in [5.74, 6) is -0.366. The molecule has 0 saturated carbocycles. The van der Waals surface area contributed by atoms with Crippen LogP contribution in [0.25, 0.3) is 22.4 Å². The molecule has 0 atom stereocenters. The van der Waals surface area contributed by atoms with Crippen molar-refractivity contribution in [1.82, 2.24) is 15.2 Å². The second kappa shape index (κ2) is 5.78. The van der Waals surface area contributed by atoms with Gasteiger partial charge in [-0.05, 0) is 29.8 Å². The normalized spacial score (nSPS) is 11.4. The van der Waals surface area contributed by atoms with Crippen molar-refractivity contribution in [3.63, 3.8) is 0 Å². The van der Waals surface area contributed by atoms with Gasteiger partial charge in [0.05, 0.1) is 11.3 Å². The van der Waals surface area contributed by atoms with Crippen LogP contribution in [0.3, 0.4) is 0 Å². The zero-order valence-electron chi connectivity index (χ0n) is 11.7. The number of nitrogens with two attached hydrogens (primary N) is 1. The summed E-state index contributed by atoms with van der Waals surface area (Å²) in [5, 5.41) is 11.8. The van der Waals surface area contributed by atoms with Gasteiger partial charge in [0.2, 0.25) is 0 Å². The van der Waals surface area contributed by atoms with E-state index in [-0.39, 0.29) is 5.82 Å². The predicted molar refractivity (Wildman–Crippen MR) is 83.9 cm³/mol. The topological polar surface area (TPSA) is 114 Å². The number of anilines is 1. The van der Waals surface area contributed by atoms with Crippen LogP contribution in [0.15, 0.2) is 48.8 Å². The number of halogens is 1. The maximum atomic E-state index is 13.2. The number of hydrogen-bond donors (Lipinski definition) is 3. The zero-order chi connectivity index (χ0) is 16.4. The molecule has 0 saturated heterocycles. The van der Waals surface area contributed by atoms with Crippen molar-refractivity contribution in [3.8, 4) is 22.4 Å². The van der Waals surface area contributed by atoms with E-state index >= 15 is 0 Å². The SMILES string of the molecule is NS(=O)(=O)Nc1n[nH]c(-c2ccncc2)c1-c1ccc(F)cc1. The Morgan fingerprint density at radius 3 is 2.30 bits per heavy atom. The van der Waals surface area contributed by atoms with Gasteiger partial charge in [-0.2, -0.15) is 13.5 Å². The number of H-pyrrole nitrogens is 1. The summed E-state index contributed by atoms with van der Waals surface area (Å²) < 4.78 is 38.0. The maximum Gasteiger partial charge on any atom is 0.297 e. The molecule has 2 heterocycles. The van der Waals surface area contributed by atoms with E-state index in [1.54, 1.807) is 24.5 Å². The van der Waals surface area contributed by atoms with Crippen molar-refractivity contribution in [2.75, 3.05) is 4.72 Å². The third kappa shape index (κ3) is 3.35. The molecule has 3 aromatic rings. The minimum Gasteiger partial charge on any atom is -0.275 e. The molecule has 4 N–H and O–H groups in total. The first-order chi connectivity index (χ1) is 10.9. The number of benzene rings is 1. The molecule has 118 valence electrons. The van der Waals surface area contributed by atoms with Gasteiger partial charge in [0.15, 0.2) is 5.82 Å². The maximum absolute atomic E-state index is 13.2. The molecule has 23 heavy (non-hydrogen) atoms. The highest BCUT2D eigenvalue weighted by Crippen LogP contribution is 2.36. The lowest BCUT2D eigenvalue weighted by Gasteiger charge is -2.07. The summed E-state index contributed by atoms with van der Waals surface area (Å²) in [5.41, 5.74) is 2.35. The number of rotatable bonds is 4. The molecule has 7 nitrogen and oxygen atoms in total. The van der Waals surface area contributed by atoms with E-state index in [1.807, 2.05) is 0 Å². The van der Waals surface area contributed by atoms with Gasteiger partial charge in [-0.15, -0.1) is 0 Å². The fourth-order valence-electron chi connectivity index (χ4n) is 2.18. The Balaban J connectivity index is 2.20. The summed E-state index contributed by atoms with van der Waals surface area (Å²) in [6.45, 7) is 0. The standard InChI is InChI=1S/C14H12FN5O2S/c15-11-3-1-9(2-4-11)12-13(10-5-7-17-8-6-10)18-19-14(12)20-23(16,21)22/h1-8H,(H2,16,21,22)(H2,18,19,20). The minimum atomic E-state index is -4.00. The van der Waals surface area contributed by atoms with E-state index in [4.69, 9.17) is 5.14 Å². The van der Waals surface area contributed by atoms with Gasteiger partial charge in [-0.25, -0.2) is 9.53 Å². The van der Waals surface area contributed by atoms with Gasteiger partial charge in [0.25, 0.3) is 10.2 Å². The molecule has 0 unspecified atom stereocenters. The van der Waals surface area contributed by atoms with Gasteiger partial charge >= 0.3 is 0 Å². The molecule has 0 fully saturated rings. The number of nitrogens with one attached hydrogen (secondary N) is 2. The van der Waals surface area contributed by atoms with E-state index in [0.717, 1.165) is 5.56 Å². The second-order valence-corrected chi connectivity index (χ2v) is 6.01. The van der Waals surface area contributed by atoms with Crippen LogP contribution in [-0.4, -0.2) is 23.6 Å². The van der Waals surface area contributed by atoms with Gasteiger partial charge in [0, 0.05) is 18.0 Å². The van der Waals surface area contributed by atoms with E-state index in [1.165, 1.54) is 24.3 Å². The van der Waals surface area contributed by atoms with Crippen LogP contribution in [0.1, 0.15) is 0 Å². The number of pyridine rings is 1. The molecule has 3 rings (SSSR count). The quantitative estimate of drug-likeness (QED) is 0.676. The molecule has 9 heteroatoms. The first-order valence-corrected chi connectivity index (χ1v) is 8.04. The molecule has 0 aliphatic heterocycles. The lowest BCUT2D eigenvalue weighted by atomic mass is 10.0. The molecule has 2 aromatic heterocycles. The van der Waals surface area contributed by atoms with Crippen molar-refractivity contribution >= 4 is 16.0 Å². The van der Waals surface area contributed by atoms with E-state index < -0.39 is 16.0 Å². The molecule has 0 aliphatic rings. The molecule has 0 amide bonds. The Bertz CT molecular complexity index is 924. The average molecular weight is 333 g/mol. The highest BCUT2D eigenvalue weighted by molar-refractivity contribution is 7.90. The number of nitrogens with zero attached hydrogens (tertiary/aromatic N) is 2. The largest absolute Gasteiger partial charge is 0.297 e. The molecular weight excluding hydrogens is 321 g/mol. The zero-order valence-corrected chi connectivity index (χ0v) is 12.5. The Hall–Kier alpha value is -2.78. The van der Waals surface area contributed by atoms with Crippen LogP contribution in [0.4, 0.5) is 10.2 Å². The van der Waals surface area contributed by atoms with Gasteiger partial charge in [-0.1, -0.05) is 12.1 Å². The first kappa shape index (κ1) is 15.1. The van der Waals surface area contributed by atoms with Crippen LogP contribution in [0.5, 0.6) is 0 Å². The number of aromatic nitrogens is 3. The Morgan fingerprint density at radius 1 is 1.04 bits per heavy atom. The molecule has 1 aromatic carbocycles. The molecule has 0 spiro atoms. The van der Waals surface area contributed by atoms with Crippen LogP contribution in [0.2, 0.25) is 0 Å². The van der Waals surface area contributed by atoms with Crippen LogP contribution >= 0.6 is 0 Å². The fraction of sp³-hybridized carbons (Fsp3) is 0. The van der Waals surface area contributed by atoms with Gasteiger partial charge in [-0.3, -0.25) is 14.8 Å². The van der Waals surface area contributed by atoms with Crippen molar-refractivity contribution in [2.45, 2.75) is 0 Å². The van der Waals surface area contributed by atoms with Gasteiger partial charge in [0.1, 0.15) is 5.82 Å². The molecule has 0 bridgehead atoms. The van der Waals surface area contributed by atoms with Crippen LogP contribution < -0.4 is 9.86 Å². The van der Waals surface area contributed by atoms with Crippen molar-refractivity contribution in [3.05, 3.63) is 54.6 Å². The van der Waals surface area contributed by atoms with E-state index in [0.29, 0.717) is 16.8 Å². The summed E-state index contributed by atoms with van der Waals surface area (Å²) in [7, 11) is -4.00. The fourth-order valence-corrected chi connectivity index (χ4v) is 2.59.